The number of aryl methyl sites for hydroxylation is 1. The summed E-state index contributed by atoms with van der Waals surface area (Å²) in [4.78, 5) is 8.61. The lowest BCUT2D eigenvalue weighted by atomic mass is 9.96. The predicted octanol–water partition coefficient (Wildman–Crippen LogP) is 4.42. The quantitative estimate of drug-likeness (QED) is 0.502. The zero-order valence-electron chi connectivity index (χ0n) is 14.4. The van der Waals surface area contributed by atoms with Gasteiger partial charge in [-0.25, -0.2) is 23.4 Å². The number of aromatic nitrogens is 4. The molecule has 1 aliphatic rings. The molecule has 1 aliphatic carbocycles. The van der Waals surface area contributed by atoms with Crippen LogP contribution >= 0.6 is 11.8 Å². The van der Waals surface area contributed by atoms with Crippen LogP contribution in [0.15, 0.2) is 35.6 Å². The second-order valence-corrected chi connectivity index (χ2v) is 7.36. The van der Waals surface area contributed by atoms with Gasteiger partial charge in [0.2, 0.25) is 0 Å². The lowest BCUT2D eigenvalue weighted by Gasteiger charge is -2.13. The molecule has 4 rings (SSSR count). The van der Waals surface area contributed by atoms with E-state index in [-0.39, 0.29) is 0 Å². The van der Waals surface area contributed by atoms with Crippen LogP contribution in [-0.2, 0) is 18.6 Å². The summed E-state index contributed by atoms with van der Waals surface area (Å²) in [6.45, 7) is 2.03. The Kier molecular flexibility index (Phi) is 4.72. The Balaban J connectivity index is 1.59. The summed E-state index contributed by atoms with van der Waals surface area (Å²) in [5.74, 6) is 0.165. The van der Waals surface area contributed by atoms with Gasteiger partial charge in [-0.05, 0) is 56.4 Å². The fraction of sp³-hybridized carbons (Fsp3) is 0.316. The van der Waals surface area contributed by atoms with E-state index < -0.39 is 11.6 Å². The zero-order chi connectivity index (χ0) is 18.1. The molecule has 134 valence electrons. The fourth-order valence-electron chi connectivity index (χ4n) is 3.30. The van der Waals surface area contributed by atoms with Gasteiger partial charge in [-0.3, -0.25) is 0 Å². The van der Waals surface area contributed by atoms with E-state index in [1.165, 1.54) is 41.8 Å². The summed E-state index contributed by atoms with van der Waals surface area (Å²) in [5, 5.41) is 5.36. The number of halogens is 2. The van der Waals surface area contributed by atoms with E-state index in [4.69, 9.17) is 0 Å². The van der Waals surface area contributed by atoms with E-state index in [1.54, 1.807) is 0 Å². The minimum Gasteiger partial charge on any atom is -0.230 e. The number of hydrogen-bond donors (Lipinski definition) is 0. The molecule has 0 bridgehead atoms. The zero-order valence-corrected chi connectivity index (χ0v) is 15.2. The summed E-state index contributed by atoms with van der Waals surface area (Å²) >= 11 is 1.35. The molecule has 7 heteroatoms. The van der Waals surface area contributed by atoms with Gasteiger partial charge in [0.15, 0.2) is 5.82 Å². The maximum Gasteiger partial charge on any atom is 0.158 e. The number of rotatable bonds is 4. The maximum atomic E-state index is 13.8. The smallest absolute Gasteiger partial charge is 0.158 e. The minimum absolute atomic E-state index is 0.302. The van der Waals surface area contributed by atoms with Gasteiger partial charge in [-0.2, -0.15) is 5.10 Å². The molecule has 0 spiro atoms. The minimum atomic E-state index is -0.441. The van der Waals surface area contributed by atoms with Crippen molar-refractivity contribution in [1.29, 1.82) is 0 Å². The largest absolute Gasteiger partial charge is 0.230 e. The first kappa shape index (κ1) is 17.1. The van der Waals surface area contributed by atoms with Crippen molar-refractivity contribution in [1.82, 2.24) is 19.7 Å². The average molecular weight is 372 g/mol. The van der Waals surface area contributed by atoms with Crippen LogP contribution in [0, 0.1) is 18.6 Å². The first-order valence-electron chi connectivity index (χ1n) is 8.58. The molecule has 0 saturated carbocycles. The summed E-state index contributed by atoms with van der Waals surface area (Å²) in [6.07, 6.45) is 5.91. The van der Waals surface area contributed by atoms with Crippen LogP contribution in [0.1, 0.15) is 35.4 Å². The molecule has 0 fully saturated rings. The second-order valence-electron chi connectivity index (χ2n) is 6.37. The van der Waals surface area contributed by atoms with Crippen LogP contribution < -0.4 is 0 Å². The normalized spacial score (nSPS) is 13.7. The molecule has 26 heavy (non-hydrogen) atoms. The Labute approximate surface area is 154 Å². The van der Waals surface area contributed by atoms with Gasteiger partial charge in [0.25, 0.3) is 0 Å². The van der Waals surface area contributed by atoms with Crippen molar-refractivity contribution in [3.05, 3.63) is 64.7 Å². The fourth-order valence-corrected chi connectivity index (χ4v) is 4.14. The molecule has 0 atom stereocenters. The SMILES string of the molecule is Cc1nn(-c2cc(SCc3cc(F)ccc3F)ncn2)c2c1CCCC2. The number of benzene rings is 1. The van der Waals surface area contributed by atoms with E-state index in [9.17, 15) is 8.78 Å². The van der Waals surface area contributed by atoms with Gasteiger partial charge in [-0.1, -0.05) is 0 Å². The van der Waals surface area contributed by atoms with Crippen molar-refractivity contribution in [2.75, 3.05) is 0 Å². The molecule has 1 aromatic carbocycles. The number of fused-ring (bicyclic) bond motifs is 1. The van der Waals surface area contributed by atoms with Crippen molar-refractivity contribution < 1.29 is 8.78 Å². The molecule has 0 unspecified atom stereocenters. The molecular formula is C19H18F2N4S. The molecule has 2 aromatic heterocycles. The standard InChI is InChI=1S/C19H18F2N4S/c1-12-15-4-2-3-5-17(15)25(24-12)18-9-19(23-11-22-18)26-10-13-8-14(20)6-7-16(13)21/h6-9,11H,2-5,10H2,1H3. The summed E-state index contributed by atoms with van der Waals surface area (Å²) < 4.78 is 29.0. The number of nitrogens with zero attached hydrogens (tertiary/aromatic N) is 4. The van der Waals surface area contributed by atoms with Crippen LogP contribution in [-0.4, -0.2) is 19.7 Å². The van der Waals surface area contributed by atoms with Crippen molar-refractivity contribution in [2.45, 2.75) is 43.4 Å². The molecule has 0 aliphatic heterocycles. The summed E-state index contributed by atoms with van der Waals surface area (Å²) in [7, 11) is 0. The molecule has 0 saturated heterocycles. The number of thioether (sulfide) groups is 1. The molecule has 0 N–H and O–H groups in total. The van der Waals surface area contributed by atoms with Crippen LogP contribution in [0.3, 0.4) is 0 Å². The molecule has 4 nitrogen and oxygen atoms in total. The first-order valence-corrected chi connectivity index (χ1v) is 9.57. The Hall–Kier alpha value is -2.28. The third-order valence-corrected chi connectivity index (χ3v) is 5.58. The highest BCUT2D eigenvalue weighted by Gasteiger charge is 2.20. The summed E-state index contributed by atoms with van der Waals surface area (Å²) in [5.41, 5.74) is 3.92. The van der Waals surface area contributed by atoms with Crippen LogP contribution in [0.5, 0.6) is 0 Å². The second kappa shape index (κ2) is 7.15. The van der Waals surface area contributed by atoms with Crippen LogP contribution in [0.25, 0.3) is 5.82 Å². The highest BCUT2D eigenvalue weighted by molar-refractivity contribution is 7.98. The Morgan fingerprint density at radius 2 is 1.96 bits per heavy atom. The Bertz CT molecular complexity index is 955. The van der Waals surface area contributed by atoms with E-state index in [0.717, 1.165) is 37.1 Å². The van der Waals surface area contributed by atoms with Crippen molar-refractivity contribution in [3.8, 4) is 5.82 Å². The molecule has 0 amide bonds. The van der Waals surface area contributed by atoms with Gasteiger partial charge in [0, 0.05) is 23.1 Å². The van der Waals surface area contributed by atoms with Crippen molar-refractivity contribution >= 4 is 11.8 Å². The van der Waals surface area contributed by atoms with Crippen LogP contribution in [0.4, 0.5) is 8.78 Å². The first-order chi connectivity index (χ1) is 12.6. The summed E-state index contributed by atoms with van der Waals surface area (Å²) in [6, 6.07) is 5.34. The molecule has 2 heterocycles. The topological polar surface area (TPSA) is 43.6 Å². The van der Waals surface area contributed by atoms with Gasteiger partial charge in [-0.15, -0.1) is 11.8 Å². The third-order valence-electron chi connectivity index (χ3n) is 4.61. The van der Waals surface area contributed by atoms with E-state index in [0.29, 0.717) is 22.2 Å². The van der Waals surface area contributed by atoms with Crippen LogP contribution in [0.2, 0.25) is 0 Å². The number of hydrogen-bond acceptors (Lipinski definition) is 4. The Morgan fingerprint density at radius 1 is 1.12 bits per heavy atom. The third kappa shape index (κ3) is 3.35. The van der Waals surface area contributed by atoms with E-state index >= 15 is 0 Å². The van der Waals surface area contributed by atoms with Gasteiger partial charge in [0.05, 0.1) is 5.69 Å². The van der Waals surface area contributed by atoms with Crippen molar-refractivity contribution in [3.63, 3.8) is 0 Å². The molecule has 3 aromatic rings. The Morgan fingerprint density at radius 3 is 2.85 bits per heavy atom. The van der Waals surface area contributed by atoms with Gasteiger partial charge in [0.1, 0.15) is 23.0 Å². The lowest BCUT2D eigenvalue weighted by Crippen LogP contribution is -2.09. The maximum absolute atomic E-state index is 13.8. The van der Waals surface area contributed by atoms with E-state index in [1.807, 2.05) is 17.7 Å². The average Bonchev–Trinajstić information content (AvgIpc) is 3.00. The lowest BCUT2D eigenvalue weighted by molar-refractivity contribution is 0.591. The van der Waals surface area contributed by atoms with Gasteiger partial charge >= 0.3 is 0 Å². The van der Waals surface area contributed by atoms with Crippen molar-refractivity contribution in [2.24, 2.45) is 0 Å². The highest BCUT2D eigenvalue weighted by atomic mass is 32.2. The van der Waals surface area contributed by atoms with Gasteiger partial charge < -0.3 is 0 Å². The molecule has 0 radical (unpaired) electrons. The molecular weight excluding hydrogens is 354 g/mol. The monoisotopic (exact) mass is 372 g/mol. The highest BCUT2D eigenvalue weighted by Crippen LogP contribution is 2.28. The predicted molar refractivity (Wildman–Crippen MR) is 96.5 cm³/mol. The van der Waals surface area contributed by atoms with E-state index in [2.05, 4.69) is 15.1 Å².